The Bertz CT molecular complexity index is 701. The molecule has 3 rings (SSSR count). The first-order valence-corrected chi connectivity index (χ1v) is 11.3. The fourth-order valence-electron chi connectivity index (χ4n) is 3.47. The summed E-state index contributed by atoms with van der Waals surface area (Å²) in [5, 5.41) is 0. The molecule has 2 fully saturated rings. The van der Waals surface area contributed by atoms with E-state index < -0.39 is 10.0 Å². The Morgan fingerprint density at radius 1 is 1.32 bits per heavy atom. The van der Waals surface area contributed by atoms with Gasteiger partial charge in [-0.25, -0.2) is 13.1 Å². The van der Waals surface area contributed by atoms with Crippen LogP contribution in [-0.2, 0) is 19.6 Å². The molecule has 0 bridgehead atoms. The lowest BCUT2D eigenvalue weighted by Gasteiger charge is -2.38. The third-order valence-electron chi connectivity index (χ3n) is 4.85. The fraction of sp³-hybridized carbons (Fsp3) is 0.688. The zero-order valence-electron chi connectivity index (χ0n) is 13.9. The minimum Gasteiger partial charge on any atom is -0.374 e. The van der Waals surface area contributed by atoms with Crippen LogP contribution in [0.3, 0.4) is 0 Å². The third kappa shape index (κ3) is 4.95. The molecule has 6 nitrogen and oxygen atoms in total. The van der Waals surface area contributed by atoms with Gasteiger partial charge in [0, 0.05) is 13.1 Å². The molecule has 140 valence electrons. The van der Waals surface area contributed by atoms with Gasteiger partial charge < -0.3 is 9.64 Å². The number of hydrogen-bond donors (Lipinski definition) is 1. The maximum Gasteiger partial charge on any atom is 0.250 e. The summed E-state index contributed by atoms with van der Waals surface area (Å²) in [6.07, 6.45) is 6.10. The number of morpholine rings is 1. The van der Waals surface area contributed by atoms with E-state index in [1.165, 1.54) is 31.4 Å². The van der Waals surface area contributed by atoms with Gasteiger partial charge in [0.25, 0.3) is 10.0 Å². The van der Waals surface area contributed by atoms with E-state index in [1.54, 1.807) is 4.90 Å². The van der Waals surface area contributed by atoms with Crippen LogP contribution >= 0.6 is 22.9 Å². The van der Waals surface area contributed by atoms with Gasteiger partial charge in [0.15, 0.2) is 0 Å². The Hall–Kier alpha value is -0.670. The Labute approximate surface area is 157 Å². The van der Waals surface area contributed by atoms with Gasteiger partial charge in [-0.2, -0.15) is 0 Å². The molecule has 2 aliphatic rings. The minimum absolute atomic E-state index is 0.0747. The SMILES string of the molecule is O=C(CNS(=O)(=O)c1ccc(Cl)s1)N1CCOC(C2CCCCC2)C1. The Kier molecular flexibility index (Phi) is 6.38. The van der Waals surface area contributed by atoms with Crippen LogP contribution in [-0.4, -0.2) is 51.6 Å². The van der Waals surface area contributed by atoms with Crippen molar-refractivity contribution in [1.82, 2.24) is 9.62 Å². The zero-order valence-corrected chi connectivity index (χ0v) is 16.3. The van der Waals surface area contributed by atoms with Gasteiger partial charge in [0.05, 0.1) is 23.6 Å². The van der Waals surface area contributed by atoms with Crippen LogP contribution in [0.25, 0.3) is 0 Å². The van der Waals surface area contributed by atoms with Crippen molar-refractivity contribution in [2.75, 3.05) is 26.2 Å². The molecule has 1 atom stereocenters. The van der Waals surface area contributed by atoms with E-state index >= 15 is 0 Å². The summed E-state index contributed by atoms with van der Waals surface area (Å²) in [5.74, 6) is 0.296. The molecule has 0 spiro atoms. The lowest BCUT2D eigenvalue weighted by molar-refractivity contribution is -0.140. The molecule has 25 heavy (non-hydrogen) atoms. The monoisotopic (exact) mass is 406 g/mol. The highest BCUT2D eigenvalue weighted by Gasteiger charge is 2.31. The van der Waals surface area contributed by atoms with Crippen LogP contribution in [0.1, 0.15) is 32.1 Å². The van der Waals surface area contributed by atoms with Crippen molar-refractivity contribution in [2.45, 2.75) is 42.4 Å². The van der Waals surface area contributed by atoms with Crippen LogP contribution in [0.2, 0.25) is 4.34 Å². The van der Waals surface area contributed by atoms with Crippen LogP contribution < -0.4 is 4.72 Å². The summed E-state index contributed by atoms with van der Waals surface area (Å²) < 4.78 is 33.1. The molecule has 1 N–H and O–H groups in total. The van der Waals surface area contributed by atoms with Crippen molar-refractivity contribution < 1.29 is 17.9 Å². The Morgan fingerprint density at radius 2 is 2.08 bits per heavy atom. The van der Waals surface area contributed by atoms with Gasteiger partial charge in [0.2, 0.25) is 5.91 Å². The first-order valence-electron chi connectivity index (χ1n) is 8.60. The smallest absolute Gasteiger partial charge is 0.250 e. The maximum absolute atomic E-state index is 12.4. The molecular formula is C16H23ClN2O4S2. The fourth-order valence-corrected chi connectivity index (χ4v) is 5.98. The molecule has 1 aliphatic heterocycles. The summed E-state index contributed by atoms with van der Waals surface area (Å²) in [6.45, 7) is 1.33. The van der Waals surface area contributed by atoms with Crippen LogP contribution in [0.4, 0.5) is 0 Å². The second kappa shape index (κ2) is 8.35. The number of nitrogens with zero attached hydrogens (tertiary/aromatic N) is 1. The van der Waals surface area contributed by atoms with E-state index in [9.17, 15) is 13.2 Å². The summed E-state index contributed by atoms with van der Waals surface area (Å²) in [5.41, 5.74) is 0. The average molecular weight is 407 g/mol. The Balaban J connectivity index is 1.53. The van der Waals surface area contributed by atoms with Crippen molar-refractivity contribution in [3.63, 3.8) is 0 Å². The number of hydrogen-bond acceptors (Lipinski definition) is 5. The lowest BCUT2D eigenvalue weighted by atomic mass is 9.84. The van der Waals surface area contributed by atoms with E-state index in [-0.39, 0.29) is 22.8 Å². The molecule has 1 amide bonds. The second-order valence-corrected chi connectivity index (χ2v) is 10.2. The van der Waals surface area contributed by atoms with Gasteiger partial charge in [-0.1, -0.05) is 30.9 Å². The number of nitrogens with one attached hydrogen (secondary N) is 1. The number of sulfonamides is 1. The summed E-state index contributed by atoms with van der Waals surface area (Å²) >= 11 is 6.75. The van der Waals surface area contributed by atoms with Gasteiger partial charge in [-0.3, -0.25) is 4.79 Å². The number of halogens is 1. The Morgan fingerprint density at radius 3 is 2.76 bits per heavy atom. The quantitative estimate of drug-likeness (QED) is 0.815. The predicted molar refractivity (Wildman–Crippen MR) is 97.4 cm³/mol. The highest BCUT2D eigenvalue weighted by Crippen LogP contribution is 2.29. The molecule has 9 heteroatoms. The second-order valence-electron chi connectivity index (χ2n) is 6.53. The van der Waals surface area contributed by atoms with Crippen LogP contribution in [0, 0.1) is 5.92 Å². The molecule has 1 saturated carbocycles. The first-order chi connectivity index (χ1) is 12.0. The topological polar surface area (TPSA) is 75.7 Å². The van der Waals surface area contributed by atoms with Crippen LogP contribution in [0.15, 0.2) is 16.3 Å². The molecule has 1 aromatic rings. The number of carbonyl (C=O) groups excluding carboxylic acids is 1. The number of thiophene rings is 1. The number of amides is 1. The molecule has 1 unspecified atom stereocenters. The first kappa shape index (κ1) is 19.1. The maximum atomic E-state index is 12.4. The standard InChI is InChI=1S/C16H23ClN2O4S2/c17-14-6-7-16(24-14)25(21,22)18-10-15(20)19-8-9-23-13(11-19)12-4-2-1-3-5-12/h6-7,12-13,18H,1-5,8-11H2. The van der Waals surface area contributed by atoms with Gasteiger partial charge in [-0.15, -0.1) is 11.3 Å². The minimum atomic E-state index is -3.70. The van der Waals surface area contributed by atoms with Gasteiger partial charge in [-0.05, 0) is 30.9 Å². The molecule has 0 aromatic carbocycles. The molecule has 1 aliphatic carbocycles. The predicted octanol–water partition coefficient (Wildman–Crippen LogP) is 2.49. The van der Waals surface area contributed by atoms with Gasteiger partial charge >= 0.3 is 0 Å². The van der Waals surface area contributed by atoms with Crippen molar-refractivity contribution >= 4 is 38.9 Å². The van der Waals surface area contributed by atoms with E-state index in [0.717, 1.165) is 24.2 Å². The number of rotatable bonds is 5. The van der Waals surface area contributed by atoms with Crippen LogP contribution in [0.5, 0.6) is 0 Å². The van der Waals surface area contributed by atoms with E-state index in [4.69, 9.17) is 16.3 Å². The molecule has 1 aromatic heterocycles. The zero-order chi connectivity index (χ0) is 17.9. The lowest BCUT2D eigenvalue weighted by Crippen LogP contribution is -2.51. The average Bonchev–Trinajstić information content (AvgIpc) is 3.08. The van der Waals surface area contributed by atoms with E-state index in [1.807, 2.05) is 0 Å². The number of ether oxygens (including phenoxy) is 1. The van der Waals surface area contributed by atoms with E-state index in [0.29, 0.717) is 30.0 Å². The van der Waals surface area contributed by atoms with Crippen molar-refractivity contribution in [1.29, 1.82) is 0 Å². The molecule has 1 saturated heterocycles. The summed E-state index contributed by atoms with van der Waals surface area (Å²) in [7, 11) is -3.70. The third-order valence-corrected chi connectivity index (χ3v) is 7.97. The molecular weight excluding hydrogens is 384 g/mol. The number of carbonyl (C=O) groups is 1. The van der Waals surface area contributed by atoms with Crippen molar-refractivity contribution in [3.8, 4) is 0 Å². The summed E-state index contributed by atoms with van der Waals surface area (Å²) in [6, 6.07) is 2.97. The normalized spacial score (nSPS) is 22.9. The van der Waals surface area contributed by atoms with E-state index in [2.05, 4.69) is 4.72 Å². The molecule has 2 heterocycles. The highest BCUT2D eigenvalue weighted by atomic mass is 35.5. The summed E-state index contributed by atoms with van der Waals surface area (Å²) in [4.78, 5) is 14.1. The van der Waals surface area contributed by atoms with Gasteiger partial charge in [0.1, 0.15) is 4.21 Å². The highest BCUT2D eigenvalue weighted by molar-refractivity contribution is 7.91. The largest absolute Gasteiger partial charge is 0.374 e. The van der Waals surface area contributed by atoms with Crippen molar-refractivity contribution in [3.05, 3.63) is 16.5 Å². The van der Waals surface area contributed by atoms with Crippen molar-refractivity contribution in [2.24, 2.45) is 5.92 Å². The molecule has 0 radical (unpaired) electrons.